The lowest BCUT2D eigenvalue weighted by atomic mass is 10.2. The number of aromatic nitrogens is 3. The van der Waals surface area contributed by atoms with Gasteiger partial charge in [0.2, 0.25) is 0 Å². The van der Waals surface area contributed by atoms with Crippen molar-refractivity contribution in [2.75, 3.05) is 5.88 Å². The normalized spacial score (nSPS) is 12.1. The Morgan fingerprint density at radius 2 is 2.40 bits per heavy atom. The Hall–Kier alpha value is -0.830. The summed E-state index contributed by atoms with van der Waals surface area (Å²) in [4.78, 5) is 4.26. The highest BCUT2D eigenvalue weighted by atomic mass is 35.5. The fourth-order valence-electron chi connectivity index (χ4n) is 1.45. The van der Waals surface area contributed by atoms with Crippen LogP contribution in [0.2, 0.25) is 0 Å². The Labute approximate surface area is 96.2 Å². The quantitative estimate of drug-likeness (QED) is 0.553. The highest BCUT2D eigenvalue weighted by molar-refractivity contribution is 6.17. The molecule has 0 unspecified atom stereocenters. The number of nitrogens with zero attached hydrogens (tertiary/aromatic N) is 3. The molecule has 0 atom stereocenters. The number of hydrogen-bond donors (Lipinski definition) is 0. The number of hydrogen-bond acceptors (Lipinski definition) is 2. The first-order valence-corrected chi connectivity index (χ1v) is 5.89. The molecule has 15 heavy (non-hydrogen) atoms. The predicted molar refractivity (Wildman–Crippen MR) is 63.1 cm³/mol. The van der Waals surface area contributed by atoms with Gasteiger partial charge in [0, 0.05) is 18.8 Å². The summed E-state index contributed by atoms with van der Waals surface area (Å²) >= 11 is 5.63. The van der Waals surface area contributed by atoms with Crippen molar-refractivity contribution in [1.29, 1.82) is 0 Å². The Bertz CT molecular complexity index is 317. The van der Waals surface area contributed by atoms with Gasteiger partial charge in [-0.3, -0.25) is 0 Å². The molecule has 0 aliphatic rings. The number of aryl methyl sites for hydroxylation is 1. The fraction of sp³-hybridized carbons (Fsp3) is 0.636. The highest BCUT2D eigenvalue weighted by Gasteiger charge is 2.03. The third-order valence-electron chi connectivity index (χ3n) is 2.17. The van der Waals surface area contributed by atoms with Crippen molar-refractivity contribution < 1.29 is 0 Å². The van der Waals surface area contributed by atoms with E-state index in [-0.39, 0.29) is 0 Å². The fourth-order valence-corrected chi connectivity index (χ4v) is 1.56. The Balaban J connectivity index is 2.59. The summed E-state index contributed by atoms with van der Waals surface area (Å²) in [5.41, 5.74) is 1.31. The van der Waals surface area contributed by atoms with Crippen LogP contribution in [0, 0.1) is 0 Å². The standard InChI is InChI=1S/C11H18ClN3/c1-3-7-15-11(13-9-14-15)8-10(2)5-4-6-12/h5,9H,3-4,6-8H2,1-2H3. The van der Waals surface area contributed by atoms with Crippen LogP contribution >= 0.6 is 11.6 Å². The van der Waals surface area contributed by atoms with Gasteiger partial charge in [-0.1, -0.05) is 18.6 Å². The van der Waals surface area contributed by atoms with Gasteiger partial charge in [-0.25, -0.2) is 9.67 Å². The zero-order valence-electron chi connectivity index (χ0n) is 9.41. The maximum absolute atomic E-state index is 5.63. The molecule has 0 bridgehead atoms. The lowest BCUT2D eigenvalue weighted by Gasteiger charge is -2.04. The van der Waals surface area contributed by atoms with Gasteiger partial charge in [0.15, 0.2) is 0 Å². The van der Waals surface area contributed by atoms with Crippen LogP contribution in [-0.2, 0) is 13.0 Å². The lowest BCUT2D eigenvalue weighted by molar-refractivity contribution is 0.574. The Kier molecular flexibility index (Phi) is 5.40. The molecule has 0 aliphatic carbocycles. The number of alkyl halides is 1. The molecule has 0 radical (unpaired) electrons. The zero-order chi connectivity index (χ0) is 11.1. The van der Waals surface area contributed by atoms with Crippen LogP contribution in [0.3, 0.4) is 0 Å². The zero-order valence-corrected chi connectivity index (χ0v) is 10.2. The van der Waals surface area contributed by atoms with Gasteiger partial charge in [-0.15, -0.1) is 11.6 Å². The lowest BCUT2D eigenvalue weighted by Crippen LogP contribution is -2.05. The molecule has 0 aliphatic heterocycles. The molecular formula is C11H18ClN3. The first-order valence-electron chi connectivity index (χ1n) is 5.36. The van der Waals surface area contributed by atoms with Crippen LogP contribution in [0.15, 0.2) is 18.0 Å². The van der Waals surface area contributed by atoms with E-state index in [0.29, 0.717) is 5.88 Å². The smallest absolute Gasteiger partial charge is 0.138 e. The molecule has 0 aromatic carbocycles. The van der Waals surface area contributed by atoms with Gasteiger partial charge in [0.05, 0.1) is 0 Å². The molecule has 1 aromatic rings. The van der Waals surface area contributed by atoms with Crippen molar-refractivity contribution in [3.8, 4) is 0 Å². The largest absolute Gasteiger partial charge is 0.250 e. The van der Waals surface area contributed by atoms with Gasteiger partial charge in [-0.05, 0) is 19.8 Å². The molecule has 4 heteroatoms. The van der Waals surface area contributed by atoms with Crippen molar-refractivity contribution in [1.82, 2.24) is 14.8 Å². The third kappa shape index (κ3) is 4.04. The molecule has 0 amide bonds. The minimum absolute atomic E-state index is 0.680. The van der Waals surface area contributed by atoms with E-state index in [0.717, 1.165) is 31.6 Å². The van der Waals surface area contributed by atoms with E-state index in [1.165, 1.54) is 5.57 Å². The van der Waals surface area contributed by atoms with Crippen LogP contribution in [-0.4, -0.2) is 20.6 Å². The van der Waals surface area contributed by atoms with E-state index in [9.17, 15) is 0 Å². The van der Waals surface area contributed by atoms with E-state index in [4.69, 9.17) is 11.6 Å². The summed E-state index contributed by atoms with van der Waals surface area (Å²) in [5.74, 6) is 1.72. The molecule has 84 valence electrons. The van der Waals surface area contributed by atoms with Gasteiger partial charge < -0.3 is 0 Å². The average molecular weight is 228 g/mol. The second-order valence-corrected chi connectivity index (χ2v) is 3.98. The summed E-state index contributed by atoms with van der Waals surface area (Å²) in [5, 5.41) is 4.19. The van der Waals surface area contributed by atoms with Crippen molar-refractivity contribution in [2.45, 2.75) is 39.7 Å². The molecule has 1 aromatic heterocycles. The first kappa shape index (κ1) is 12.2. The first-order chi connectivity index (χ1) is 7.27. The molecule has 0 N–H and O–H groups in total. The van der Waals surface area contributed by atoms with Crippen LogP contribution in [0.4, 0.5) is 0 Å². The average Bonchev–Trinajstić information content (AvgIpc) is 2.63. The van der Waals surface area contributed by atoms with Crippen LogP contribution < -0.4 is 0 Å². The van der Waals surface area contributed by atoms with E-state index < -0.39 is 0 Å². The monoisotopic (exact) mass is 227 g/mol. The molecular weight excluding hydrogens is 210 g/mol. The third-order valence-corrected chi connectivity index (χ3v) is 2.39. The van der Waals surface area contributed by atoms with Crippen molar-refractivity contribution in [3.05, 3.63) is 23.8 Å². The van der Waals surface area contributed by atoms with Crippen LogP contribution in [0.5, 0.6) is 0 Å². The van der Waals surface area contributed by atoms with Crippen molar-refractivity contribution in [2.24, 2.45) is 0 Å². The number of halogens is 1. The molecule has 0 saturated heterocycles. The van der Waals surface area contributed by atoms with Crippen molar-refractivity contribution >= 4 is 11.6 Å². The summed E-state index contributed by atoms with van der Waals surface area (Å²) < 4.78 is 1.97. The van der Waals surface area contributed by atoms with Gasteiger partial charge in [0.25, 0.3) is 0 Å². The van der Waals surface area contributed by atoms with E-state index in [1.807, 2.05) is 4.68 Å². The Morgan fingerprint density at radius 1 is 1.60 bits per heavy atom. The predicted octanol–water partition coefficient (Wildman–Crippen LogP) is 2.81. The highest BCUT2D eigenvalue weighted by Crippen LogP contribution is 2.06. The van der Waals surface area contributed by atoms with E-state index >= 15 is 0 Å². The minimum atomic E-state index is 0.680. The van der Waals surface area contributed by atoms with Gasteiger partial charge in [0.1, 0.15) is 12.2 Å². The number of allylic oxidation sites excluding steroid dienone is 2. The van der Waals surface area contributed by atoms with Gasteiger partial charge in [-0.2, -0.15) is 5.10 Å². The molecule has 0 spiro atoms. The molecule has 3 nitrogen and oxygen atoms in total. The summed E-state index contributed by atoms with van der Waals surface area (Å²) in [6.07, 6.45) is 6.67. The summed E-state index contributed by atoms with van der Waals surface area (Å²) in [6.45, 7) is 5.19. The van der Waals surface area contributed by atoms with Gasteiger partial charge >= 0.3 is 0 Å². The second kappa shape index (κ2) is 6.62. The second-order valence-electron chi connectivity index (χ2n) is 3.60. The van der Waals surface area contributed by atoms with Crippen LogP contribution in [0.25, 0.3) is 0 Å². The molecule has 1 rings (SSSR count). The van der Waals surface area contributed by atoms with E-state index in [1.54, 1.807) is 6.33 Å². The topological polar surface area (TPSA) is 30.7 Å². The van der Waals surface area contributed by atoms with E-state index in [2.05, 4.69) is 30.0 Å². The molecule has 0 saturated carbocycles. The number of rotatable bonds is 6. The van der Waals surface area contributed by atoms with Crippen LogP contribution in [0.1, 0.15) is 32.5 Å². The molecule has 0 fully saturated rings. The summed E-state index contributed by atoms with van der Waals surface area (Å²) in [6, 6.07) is 0. The molecule has 1 heterocycles. The maximum atomic E-state index is 5.63. The summed E-state index contributed by atoms with van der Waals surface area (Å²) in [7, 11) is 0. The maximum Gasteiger partial charge on any atom is 0.138 e. The SMILES string of the molecule is CCCn1ncnc1CC(C)=CCCCl. The van der Waals surface area contributed by atoms with Crippen molar-refractivity contribution in [3.63, 3.8) is 0 Å². The minimum Gasteiger partial charge on any atom is -0.250 e. The Morgan fingerprint density at radius 3 is 3.07 bits per heavy atom.